The lowest BCUT2D eigenvalue weighted by Gasteiger charge is -2.38. The number of carboxylic acid groups (broad SMARTS) is 1. The summed E-state index contributed by atoms with van der Waals surface area (Å²) in [5, 5.41) is 45.8. The van der Waals surface area contributed by atoms with E-state index in [4.69, 9.17) is 0 Å². The average molecular weight is 746 g/mol. The molecular formula is C36H55N7O10. The molecule has 0 saturated carbocycles. The molecule has 6 amide bonds. The van der Waals surface area contributed by atoms with E-state index in [0.29, 0.717) is 18.4 Å². The number of carbonyl (C=O) groups excluding carboxylic acids is 6. The molecule has 17 heteroatoms. The third kappa shape index (κ3) is 12.4. The van der Waals surface area contributed by atoms with Crippen molar-refractivity contribution >= 4 is 41.4 Å². The van der Waals surface area contributed by atoms with E-state index in [0.717, 1.165) is 0 Å². The summed E-state index contributed by atoms with van der Waals surface area (Å²) in [6.07, 6.45) is -1.56. The zero-order valence-electron chi connectivity index (χ0n) is 31.4. The largest absolute Gasteiger partial charge is 0.508 e. The standard InChI is InChI=1S/C36H55N7O10/c1-18(2)15-23-30(48)39-25(17-27(46)47)32(50)41-28(20(4)44)34(52)37-19(3)29(35(53)42-36(5,6)7)43-14-8-9-26(43)33(51)40-24(31(49)38-23)16-21-10-12-22(45)13-11-21/h10-13,18-20,23-26,28-29,44-45H,8-9,14-17H2,1-7H3,(H,37,52)(H,38,49)(H,39,48)(H,40,51)(H,41,50)(H,42,53)(H,46,47)/t19-,20+,23-,24-,25-,26-,28-,29+/m0/s1. The van der Waals surface area contributed by atoms with Gasteiger partial charge in [-0.15, -0.1) is 0 Å². The number of rotatable bonds is 8. The van der Waals surface area contributed by atoms with Crippen LogP contribution in [0.1, 0.15) is 79.7 Å². The number of phenolic OH excluding ortho intramolecular Hbond substituents is 1. The van der Waals surface area contributed by atoms with Gasteiger partial charge in [-0.2, -0.15) is 0 Å². The van der Waals surface area contributed by atoms with Crippen molar-refractivity contribution in [3.63, 3.8) is 0 Å². The van der Waals surface area contributed by atoms with Crippen LogP contribution in [0, 0.1) is 5.92 Å². The third-order valence-electron chi connectivity index (χ3n) is 8.99. The highest BCUT2D eigenvalue weighted by Crippen LogP contribution is 2.24. The molecule has 0 aliphatic carbocycles. The number of nitrogens with one attached hydrogen (secondary N) is 6. The summed E-state index contributed by atoms with van der Waals surface area (Å²) < 4.78 is 0. The van der Waals surface area contributed by atoms with E-state index in [1.54, 1.807) is 58.6 Å². The van der Waals surface area contributed by atoms with Crippen LogP contribution in [0.4, 0.5) is 0 Å². The average Bonchev–Trinajstić information content (AvgIpc) is 3.50. The number of aliphatic hydroxyl groups is 1. The number of amides is 6. The van der Waals surface area contributed by atoms with Gasteiger partial charge in [-0.3, -0.25) is 38.5 Å². The van der Waals surface area contributed by atoms with E-state index in [1.807, 2.05) is 0 Å². The minimum atomic E-state index is -1.72. The number of fused-ring (bicyclic) bond motifs is 1. The molecule has 0 bridgehead atoms. The molecule has 9 N–H and O–H groups in total. The molecule has 294 valence electrons. The summed E-state index contributed by atoms with van der Waals surface area (Å²) in [7, 11) is 0. The second-order valence-electron chi connectivity index (χ2n) is 15.4. The van der Waals surface area contributed by atoms with Crippen LogP contribution < -0.4 is 31.9 Å². The maximum absolute atomic E-state index is 14.2. The minimum absolute atomic E-state index is 0.0114. The summed E-state index contributed by atoms with van der Waals surface area (Å²) >= 11 is 0. The molecule has 2 saturated heterocycles. The van der Waals surface area contributed by atoms with Gasteiger partial charge in [0.25, 0.3) is 0 Å². The monoisotopic (exact) mass is 745 g/mol. The van der Waals surface area contributed by atoms with Gasteiger partial charge in [0.2, 0.25) is 35.4 Å². The number of aromatic hydroxyl groups is 1. The fourth-order valence-electron chi connectivity index (χ4n) is 6.54. The van der Waals surface area contributed by atoms with Crippen molar-refractivity contribution in [2.75, 3.05) is 6.54 Å². The predicted octanol–water partition coefficient (Wildman–Crippen LogP) is -0.958. The van der Waals surface area contributed by atoms with Crippen LogP contribution >= 0.6 is 0 Å². The Kier molecular flexibility index (Phi) is 14.7. The summed E-state index contributed by atoms with van der Waals surface area (Å²) in [5.74, 6) is -6.31. The van der Waals surface area contributed by atoms with Gasteiger partial charge < -0.3 is 47.2 Å². The van der Waals surface area contributed by atoms with Crippen LogP contribution in [0.2, 0.25) is 0 Å². The van der Waals surface area contributed by atoms with Crippen LogP contribution in [0.25, 0.3) is 0 Å². The highest BCUT2D eigenvalue weighted by molar-refractivity contribution is 5.97. The fourth-order valence-corrected chi connectivity index (χ4v) is 6.54. The zero-order chi connectivity index (χ0) is 39.8. The number of nitrogens with zero attached hydrogens (tertiary/aromatic N) is 1. The second-order valence-corrected chi connectivity index (χ2v) is 15.4. The molecule has 1 aromatic rings. The van der Waals surface area contributed by atoms with Crippen molar-refractivity contribution in [1.82, 2.24) is 36.8 Å². The van der Waals surface area contributed by atoms with E-state index in [9.17, 15) is 48.9 Å². The van der Waals surface area contributed by atoms with E-state index in [1.165, 1.54) is 19.1 Å². The van der Waals surface area contributed by atoms with Gasteiger partial charge in [0, 0.05) is 12.0 Å². The van der Waals surface area contributed by atoms with Crippen molar-refractivity contribution in [1.29, 1.82) is 0 Å². The van der Waals surface area contributed by atoms with E-state index in [-0.39, 0.29) is 31.1 Å². The molecule has 1 aromatic carbocycles. The first-order chi connectivity index (χ1) is 24.7. The van der Waals surface area contributed by atoms with Gasteiger partial charge in [0.15, 0.2) is 0 Å². The van der Waals surface area contributed by atoms with Crippen molar-refractivity contribution < 1.29 is 48.9 Å². The smallest absolute Gasteiger partial charge is 0.305 e. The molecule has 2 heterocycles. The van der Waals surface area contributed by atoms with Gasteiger partial charge >= 0.3 is 5.97 Å². The molecule has 0 aromatic heterocycles. The Bertz CT molecular complexity index is 1510. The molecule has 3 rings (SSSR count). The number of benzene rings is 1. The normalized spacial score (nSPS) is 27.6. The van der Waals surface area contributed by atoms with Crippen LogP contribution in [-0.4, -0.2) is 122 Å². The second kappa shape index (κ2) is 18.3. The quantitative estimate of drug-likeness (QED) is 0.157. The van der Waals surface area contributed by atoms with E-state index in [2.05, 4.69) is 31.9 Å². The molecule has 0 unspecified atom stereocenters. The lowest BCUT2D eigenvalue weighted by atomic mass is 9.99. The molecule has 2 fully saturated rings. The topological polar surface area (TPSA) is 256 Å². The Balaban J connectivity index is 2.16. The first kappa shape index (κ1) is 42.6. The fraction of sp³-hybridized carbons (Fsp3) is 0.639. The lowest BCUT2D eigenvalue weighted by Crippen LogP contribution is -2.66. The SMILES string of the molecule is CC(C)C[C@@H]1NC(=O)[C@H](Cc2ccc(O)cc2)NC(=O)[C@@H]2CCCN2[C@@H](C(=O)NC(C)(C)C)[C@H](C)NC(=O)[C@H]([C@@H](C)O)NC(=O)[C@H](CC(=O)O)NC1=O. The Morgan fingerprint density at radius 3 is 1.98 bits per heavy atom. The van der Waals surface area contributed by atoms with Gasteiger partial charge in [-0.05, 0) is 84.0 Å². The molecule has 2 aliphatic heterocycles. The van der Waals surface area contributed by atoms with E-state index >= 15 is 0 Å². The van der Waals surface area contributed by atoms with Gasteiger partial charge in [0.1, 0.15) is 36.0 Å². The van der Waals surface area contributed by atoms with Gasteiger partial charge in [-0.1, -0.05) is 26.0 Å². The first-order valence-electron chi connectivity index (χ1n) is 17.9. The Morgan fingerprint density at radius 2 is 1.42 bits per heavy atom. The lowest BCUT2D eigenvalue weighted by molar-refractivity contribution is -0.142. The summed E-state index contributed by atoms with van der Waals surface area (Å²) in [4.78, 5) is 96.4. The molecule has 17 nitrogen and oxygen atoms in total. The highest BCUT2D eigenvalue weighted by Gasteiger charge is 2.44. The highest BCUT2D eigenvalue weighted by atomic mass is 16.4. The summed E-state index contributed by atoms with van der Waals surface area (Å²) in [6.45, 7) is 11.9. The van der Waals surface area contributed by atoms with Crippen molar-refractivity contribution in [2.24, 2.45) is 5.92 Å². The number of hydrogen-bond donors (Lipinski definition) is 9. The number of hydrogen-bond acceptors (Lipinski definition) is 10. The maximum Gasteiger partial charge on any atom is 0.305 e. The summed E-state index contributed by atoms with van der Waals surface area (Å²) in [5.41, 5.74) is -0.132. The third-order valence-corrected chi connectivity index (χ3v) is 8.99. The molecular weight excluding hydrogens is 690 g/mol. The number of aliphatic carboxylic acids is 1. The molecule has 0 spiro atoms. The molecule has 0 radical (unpaired) electrons. The number of aliphatic hydroxyl groups excluding tert-OH is 1. The molecule has 8 atom stereocenters. The zero-order valence-corrected chi connectivity index (χ0v) is 31.4. The number of phenols is 1. The Labute approximate surface area is 309 Å². The van der Waals surface area contributed by atoms with Crippen molar-refractivity contribution in [3.8, 4) is 5.75 Å². The first-order valence-corrected chi connectivity index (χ1v) is 17.9. The van der Waals surface area contributed by atoms with Gasteiger partial charge in [0.05, 0.1) is 24.6 Å². The van der Waals surface area contributed by atoms with Crippen LogP contribution in [-0.2, 0) is 40.0 Å². The minimum Gasteiger partial charge on any atom is -0.508 e. The number of carbonyl (C=O) groups is 7. The Morgan fingerprint density at radius 1 is 0.849 bits per heavy atom. The van der Waals surface area contributed by atoms with Crippen LogP contribution in [0.15, 0.2) is 24.3 Å². The Hall–Kier alpha value is -4.77. The number of carboxylic acids is 1. The maximum atomic E-state index is 14.2. The predicted molar refractivity (Wildman–Crippen MR) is 192 cm³/mol. The van der Waals surface area contributed by atoms with Gasteiger partial charge in [-0.25, -0.2) is 0 Å². The van der Waals surface area contributed by atoms with Crippen molar-refractivity contribution in [2.45, 2.75) is 135 Å². The van der Waals surface area contributed by atoms with Crippen molar-refractivity contribution in [3.05, 3.63) is 29.8 Å². The molecule has 2 aliphatic rings. The van der Waals surface area contributed by atoms with Crippen LogP contribution in [0.3, 0.4) is 0 Å². The van der Waals surface area contributed by atoms with E-state index < -0.39 is 102 Å². The molecule has 53 heavy (non-hydrogen) atoms. The summed E-state index contributed by atoms with van der Waals surface area (Å²) in [6, 6.07) is -2.93. The van der Waals surface area contributed by atoms with Crippen LogP contribution in [0.5, 0.6) is 5.75 Å².